The maximum absolute atomic E-state index is 11.5. The van der Waals surface area contributed by atoms with E-state index in [0.29, 0.717) is 36.5 Å². The van der Waals surface area contributed by atoms with E-state index >= 15 is 0 Å². The number of hydrogen-bond acceptors (Lipinski definition) is 5. The number of ether oxygens (including phenoxy) is 3. The van der Waals surface area contributed by atoms with Gasteiger partial charge in [0.15, 0.2) is 0 Å². The van der Waals surface area contributed by atoms with Gasteiger partial charge in [-0.1, -0.05) is 37.4 Å². The lowest BCUT2D eigenvalue weighted by Crippen LogP contribution is -2.09. The van der Waals surface area contributed by atoms with Gasteiger partial charge in [-0.2, -0.15) is 0 Å². The van der Waals surface area contributed by atoms with Crippen LogP contribution in [0.1, 0.15) is 20.3 Å². The molecule has 5 nitrogen and oxygen atoms in total. The van der Waals surface area contributed by atoms with Gasteiger partial charge < -0.3 is 14.2 Å². The molecule has 0 aliphatic rings. The van der Waals surface area contributed by atoms with E-state index in [1.54, 1.807) is 26.0 Å². The van der Waals surface area contributed by atoms with Crippen molar-refractivity contribution in [1.82, 2.24) is 0 Å². The smallest absolute Gasteiger partial charge is 0.338 e. The summed E-state index contributed by atoms with van der Waals surface area (Å²) in [5.41, 5.74) is 2.75. The molecule has 146 valence electrons. The Bertz CT molecular complexity index is 848. The third-order valence-corrected chi connectivity index (χ3v) is 3.74. The highest BCUT2D eigenvalue weighted by atomic mass is 16.5. The Balaban J connectivity index is 1.83. The monoisotopic (exact) mass is 380 g/mol. The SMILES string of the molecule is C=C(C)C(=O)OCCCOc1ccc(-c2ccc(OC(=O)C(=C)C)cc2)cc1. The molecule has 0 N–H and O–H groups in total. The summed E-state index contributed by atoms with van der Waals surface area (Å²) >= 11 is 0. The zero-order chi connectivity index (χ0) is 20.5. The first-order valence-corrected chi connectivity index (χ1v) is 8.90. The Morgan fingerprint density at radius 1 is 0.750 bits per heavy atom. The van der Waals surface area contributed by atoms with Gasteiger partial charge in [-0.3, -0.25) is 0 Å². The van der Waals surface area contributed by atoms with Gasteiger partial charge in [0, 0.05) is 17.6 Å². The number of rotatable bonds is 9. The van der Waals surface area contributed by atoms with Gasteiger partial charge in [-0.15, -0.1) is 0 Å². The minimum Gasteiger partial charge on any atom is -0.493 e. The molecular weight excluding hydrogens is 356 g/mol. The maximum Gasteiger partial charge on any atom is 0.338 e. The van der Waals surface area contributed by atoms with E-state index in [2.05, 4.69) is 13.2 Å². The van der Waals surface area contributed by atoms with Crippen molar-refractivity contribution >= 4 is 11.9 Å². The molecule has 0 amide bonds. The van der Waals surface area contributed by atoms with Gasteiger partial charge in [0.2, 0.25) is 0 Å². The molecule has 0 saturated heterocycles. The molecule has 2 aromatic carbocycles. The topological polar surface area (TPSA) is 61.8 Å². The Hall–Kier alpha value is -3.34. The van der Waals surface area contributed by atoms with Crippen LogP contribution in [0.15, 0.2) is 72.8 Å². The summed E-state index contributed by atoms with van der Waals surface area (Å²) in [6.45, 7) is 11.1. The lowest BCUT2D eigenvalue weighted by atomic mass is 10.1. The van der Waals surface area contributed by atoms with Crippen molar-refractivity contribution in [3.8, 4) is 22.6 Å². The maximum atomic E-state index is 11.5. The van der Waals surface area contributed by atoms with Crippen molar-refractivity contribution in [1.29, 1.82) is 0 Å². The fourth-order valence-electron chi connectivity index (χ4n) is 2.19. The van der Waals surface area contributed by atoms with Gasteiger partial charge in [-0.25, -0.2) is 9.59 Å². The Labute approximate surface area is 165 Å². The number of carbonyl (C=O) groups excluding carboxylic acids is 2. The van der Waals surface area contributed by atoms with Crippen LogP contribution in [0.2, 0.25) is 0 Å². The van der Waals surface area contributed by atoms with Gasteiger partial charge >= 0.3 is 11.9 Å². The van der Waals surface area contributed by atoms with E-state index in [0.717, 1.165) is 16.9 Å². The van der Waals surface area contributed by atoms with E-state index in [4.69, 9.17) is 14.2 Å². The zero-order valence-corrected chi connectivity index (χ0v) is 16.2. The summed E-state index contributed by atoms with van der Waals surface area (Å²) in [7, 11) is 0. The highest BCUT2D eigenvalue weighted by molar-refractivity contribution is 5.88. The molecule has 0 heterocycles. The van der Waals surface area contributed by atoms with Crippen LogP contribution in [0.3, 0.4) is 0 Å². The zero-order valence-electron chi connectivity index (χ0n) is 16.2. The number of esters is 2. The summed E-state index contributed by atoms with van der Waals surface area (Å²) in [5.74, 6) is 0.388. The number of benzene rings is 2. The molecule has 0 atom stereocenters. The molecule has 0 aromatic heterocycles. The Kier molecular flexibility index (Phi) is 7.57. The van der Waals surface area contributed by atoms with Crippen LogP contribution in [0.4, 0.5) is 0 Å². The molecule has 0 fully saturated rings. The summed E-state index contributed by atoms with van der Waals surface area (Å²) in [5, 5.41) is 0. The minimum atomic E-state index is -0.441. The summed E-state index contributed by atoms with van der Waals surface area (Å²) in [6.07, 6.45) is 0.602. The Morgan fingerprint density at radius 3 is 1.75 bits per heavy atom. The second-order valence-corrected chi connectivity index (χ2v) is 6.34. The Morgan fingerprint density at radius 2 is 1.25 bits per heavy atom. The van der Waals surface area contributed by atoms with Crippen molar-refractivity contribution in [3.63, 3.8) is 0 Å². The van der Waals surface area contributed by atoms with Crippen molar-refractivity contribution in [3.05, 3.63) is 72.8 Å². The molecule has 28 heavy (non-hydrogen) atoms. The number of carbonyl (C=O) groups is 2. The molecular formula is C23H24O5. The molecule has 2 aromatic rings. The molecule has 0 saturated carbocycles. The van der Waals surface area contributed by atoms with Crippen molar-refractivity contribution in [2.45, 2.75) is 20.3 Å². The highest BCUT2D eigenvalue weighted by Gasteiger charge is 2.06. The predicted octanol–water partition coefficient (Wildman–Crippen LogP) is 4.72. The first-order valence-electron chi connectivity index (χ1n) is 8.90. The third kappa shape index (κ3) is 6.43. The predicted molar refractivity (Wildman–Crippen MR) is 108 cm³/mol. The van der Waals surface area contributed by atoms with E-state index in [1.165, 1.54) is 0 Å². The van der Waals surface area contributed by atoms with Gasteiger partial charge in [0.25, 0.3) is 0 Å². The van der Waals surface area contributed by atoms with E-state index in [9.17, 15) is 9.59 Å². The lowest BCUT2D eigenvalue weighted by molar-refractivity contribution is -0.139. The van der Waals surface area contributed by atoms with Crippen LogP contribution >= 0.6 is 0 Å². The molecule has 0 radical (unpaired) electrons. The van der Waals surface area contributed by atoms with E-state index in [-0.39, 0.29) is 5.97 Å². The van der Waals surface area contributed by atoms with Crippen molar-refractivity contribution < 1.29 is 23.8 Å². The highest BCUT2D eigenvalue weighted by Crippen LogP contribution is 2.25. The molecule has 5 heteroatoms. The average Bonchev–Trinajstić information content (AvgIpc) is 2.68. The molecule has 0 aliphatic carbocycles. The van der Waals surface area contributed by atoms with Crippen LogP contribution in [0.25, 0.3) is 11.1 Å². The third-order valence-electron chi connectivity index (χ3n) is 3.74. The summed E-state index contributed by atoms with van der Waals surface area (Å²) in [6, 6.07) is 14.9. The molecule has 0 spiro atoms. The normalized spacial score (nSPS) is 10.1. The molecule has 0 bridgehead atoms. The summed E-state index contributed by atoms with van der Waals surface area (Å²) in [4.78, 5) is 22.8. The van der Waals surface area contributed by atoms with Crippen LogP contribution in [-0.4, -0.2) is 25.2 Å². The van der Waals surface area contributed by atoms with Crippen LogP contribution in [0.5, 0.6) is 11.5 Å². The van der Waals surface area contributed by atoms with Gasteiger partial charge in [-0.05, 0) is 49.2 Å². The molecule has 0 unspecified atom stereocenters. The molecule has 2 rings (SSSR count). The quantitative estimate of drug-likeness (QED) is 0.273. The van der Waals surface area contributed by atoms with Gasteiger partial charge in [0.05, 0.1) is 13.2 Å². The lowest BCUT2D eigenvalue weighted by Gasteiger charge is -2.09. The van der Waals surface area contributed by atoms with Crippen molar-refractivity contribution in [2.75, 3.05) is 13.2 Å². The fraction of sp³-hybridized carbons (Fsp3) is 0.217. The first kappa shape index (κ1) is 21.0. The standard InChI is InChI=1S/C23H24O5/c1-16(2)22(24)27-15-5-14-26-20-10-6-18(7-11-20)19-8-12-21(13-9-19)28-23(25)17(3)4/h6-13H,1,3,5,14-15H2,2,4H3. The minimum absolute atomic E-state index is 0.298. The van der Waals surface area contributed by atoms with Crippen molar-refractivity contribution in [2.24, 2.45) is 0 Å². The van der Waals surface area contributed by atoms with Crippen LogP contribution in [-0.2, 0) is 14.3 Å². The summed E-state index contributed by atoms with van der Waals surface area (Å²) < 4.78 is 15.8. The first-order chi connectivity index (χ1) is 13.4. The number of hydrogen-bond donors (Lipinski definition) is 0. The van der Waals surface area contributed by atoms with Gasteiger partial charge in [0.1, 0.15) is 11.5 Å². The second kappa shape index (κ2) is 10.1. The van der Waals surface area contributed by atoms with Crippen LogP contribution < -0.4 is 9.47 Å². The average molecular weight is 380 g/mol. The fourth-order valence-corrected chi connectivity index (χ4v) is 2.19. The second-order valence-electron chi connectivity index (χ2n) is 6.34. The van der Waals surface area contributed by atoms with E-state index < -0.39 is 5.97 Å². The molecule has 0 aliphatic heterocycles. The largest absolute Gasteiger partial charge is 0.493 e. The van der Waals surface area contributed by atoms with Crippen LogP contribution in [0, 0.1) is 0 Å². The van der Waals surface area contributed by atoms with E-state index in [1.807, 2.05) is 36.4 Å².